The van der Waals surface area contributed by atoms with Gasteiger partial charge in [-0.05, 0) is 67.6 Å². The van der Waals surface area contributed by atoms with Crippen LogP contribution in [0, 0.1) is 5.92 Å². The van der Waals surface area contributed by atoms with E-state index in [1.807, 2.05) is 85.8 Å². The lowest BCUT2D eigenvalue weighted by Gasteiger charge is -2.34. The molecule has 18 nitrogen and oxygen atoms in total. The molecule has 9 amide bonds. The van der Waals surface area contributed by atoms with Crippen molar-refractivity contribution in [3.8, 4) is 0 Å². The van der Waals surface area contributed by atoms with Crippen LogP contribution >= 0.6 is 0 Å². The first kappa shape index (κ1) is 51.7. The van der Waals surface area contributed by atoms with E-state index >= 15 is 0 Å². The first-order valence-corrected chi connectivity index (χ1v) is 25.1. The maximum atomic E-state index is 14.8. The topological polar surface area (TPSA) is 250 Å². The molecule has 7 rings (SSSR count). The molecule has 4 fully saturated rings. The quantitative estimate of drug-likeness (QED) is 0.163. The number of hydrogen-bond donors (Lipinski definition) is 6. The molecule has 0 bridgehead atoms. The van der Waals surface area contributed by atoms with Crippen LogP contribution < -0.4 is 32.3 Å². The smallest absolute Gasteiger partial charge is 0.246 e. The van der Waals surface area contributed by atoms with Gasteiger partial charge in [0, 0.05) is 45.3 Å². The summed E-state index contributed by atoms with van der Waals surface area (Å²) in [5.74, 6) is -5.97. The molecule has 9 unspecified atom stereocenters. The molecule has 4 aliphatic heterocycles. The number of fused-ring (bicyclic) bond motifs is 3. The third-order valence-electron chi connectivity index (χ3n) is 14.3. The number of nitrogens with two attached hydrogens (primary N) is 1. The fraction of sp³-hybridized carbons (Fsp3) is 0.491. The molecule has 9 atom stereocenters. The van der Waals surface area contributed by atoms with E-state index in [4.69, 9.17) is 5.73 Å². The molecule has 4 aliphatic rings. The van der Waals surface area contributed by atoms with Crippen LogP contribution in [0.2, 0.25) is 0 Å². The summed E-state index contributed by atoms with van der Waals surface area (Å²) in [4.78, 5) is 133. The lowest BCUT2D eigenvalue weighted by molar-refractivity contribution is -0.146. The Morgan fingerprint density at radius 2 is 0.859 bits per heavy atom. The summed E-state index contributed by atoms with van der Waals surface area (Å²) in [6.07, 6.45) is 2.26. The van der Waals surface area contributed by atoms with Crippen molar-refractivity contribution in [1.82, 2.24) is 41.3 Å². The van der Waals surface area contributed by atoms with Gasteiger partial charge in [0.2, 0.25) is 53.2 Å². The van der Waals surface area contributed by atoms with Crippen molar-refractivity contribution < 1.29 is 43.2 Å². The standard InChI is InChI=1S/C53H67N9O9/c1-3-33(2)45-50(68)58-40(32-36-20-11-6-12-21-36)53(71)61-28-14-22-41(61)47(65)55-37(25-26-44(54)63)51(69)60-27-13-24-43(60)49(67)57-39(31-35-18-9-5-10-19-35)52(70)62-29-15-23-42(62)48(66)56-38(46(64)59-45)30-34-16-7-4-8-17-34/h4-12,16-21,33,37-43,45H,3,13-15,22-32H2,1-2H3,(H2,54,63)(H,55,65)(H,56,66)(H,57,67)(H,58,68)(H,59,64). The van der Waals surface area contributed by atoms with Gasteiger partial charge < -0.3 is 47.0 Å². The minimum Gasteiger partial charge on any atom is -0.370 e. The maximum Gasteiger partial charge on any atom is 0.246 e. The Balaban J connectivity index is 1.28. The monoisotopic (exact) mass is 974 g/mol. The number of rotatable bonds is 11. The lowest BCUT2D eigenvalue weighted by atomic mass is 9.96. The first-order chi connectivity index (χ1) is 34.2. The summed E-state index contributed by atoms with van der Waals surface area (Å²) in [5.41, 5.74) is 7.74. The molecule has 7 N–H and O–H groups in total. The predicted molar refractivity (Wildman–Crippen MR) is 262 cm³/mol. The molecule has 3 aromatic rings. The maximum absolute atomic E-state index is 14.8. The molecule has 0 spiro atoms. The van der Waals surface area contributed by atoms with Crippen molar-refractivity contribution in [2.75, 3.05) is 19.6 Å². The number of nitrogens with one attached hydrogen (secondary N) is 5. The second kappa shape index (κ2) is 24.1. The largest absolute Gasteiger partial charge is 0.370 e. The Labute approximate surface area is 414 Å². The zero-order chi connectivity index (χ0) is 50.6. The summed E-state index contributed by atoms with van der Waals surface area (Å²) in [6, 6.07) is 18.1. The molecule has 18 heteroatoms. The molecular formula is C53H67N9O9. The van der Waals surface area contributed by atoms with Gasteiger partial charge in [-0.3, -0.25) is 43.2 Å². The number of nitrogens with zero attached hydrogens (tertiary/aromatic N) is 3. The highest BCUT2D eigenvalue weighted by atomic mass is 16.2. The Kier molecular flexibility index (Phi) is 17.6. The van der Waals surface area contributed by atoms with Gasteiger partial charge in [0.15, 0.2) is 0 Å². The van der Waals surface area contributed by atoms with Crippen LogP contribution in [0.5, 0.6) is 0 Å². The molecule has 0 radical (unpaired) electrons. The lowest BCUT2D eigenvalue weighted by Crippen LogP contribution is -2.62. The third-order valence-corrected chi connectivity index (χ3v) is 14.3. The average molecular weight is 974 g/mol. The van der Waals surface area contributed by atoms with Gasteiger partial charge in [0.1, 0.15) is 48.3 Å². The van der Waals surface area contributed by atoms with Crippen LogP contribution in [0.3, 0.4) is 0 Å². The molecule has 3 aromatic carbocycles. The van der Waals surface area contributed by atoms with Gasteiger partial charge in [-0.2, -0.15) is 0 Å². The molecule has 71 heavy (non-hydrogen) atoms. The summed E-state index contributed by atoms with van der Waals surface area (Å²) in [6.45, 7) is 4.17. The average Bonchev–Trinajstić information content (AvgIpc) is 4.19. The van der Waals surface area contributed by atoms with Crippen LogP contribution in [0.4, 0.5) is 0 Å². The Morgan fingerprint density at radius 3 is 1.25 bits per heavy atom. The summed E-state index contributed by atoms with van der Waals surface area (Å²) < 4.78 is 0. The van der Waals surface area contributed by atoms with Gasteiger partial charge in [-0.1, -0.05) is 111 Å². The fourth-order valence-electron chi connectivity index (χ4n) is 10.2. The van der Waals surface area contributed by atoms with Gasteiger partial charge in [-0.15, -0.1) is 0 Å². The third kappa shape index (κ3) is 13.0. The number of benzene rings is 3. The molecule has 0 aromatic heterocycles. The minimum absolute atomic E-state index is 0.0467. The Hall–Kier alpha value is -7.11. The van der Waals surface area contributed by atoms with Crippen molar-refractivity contribution in [1.29, 1.82) is 0 Å². The van der Waals surface area contributed by atoms with E-state index in [-0.39, 0.29) is 71.0 Å². The second-order valence-electron chi connectivity index (χ2n) is 19.3. The van der Waals surface area contributed by atoms with E-state index in [1.165, 1.54) is 14.7 Å². The fourth-order valence-corrected chi connectivity index (χ4v) is 10.2. The van der Waals surface area contributed by atoms with Gasteiger partial charge in [0.25, 0.3) is 0 Å². The normalized spacial score (nSPS) is 26.8. The Bertz CT molecular complexity index is 2410. The highest BCUT2D eigenvalue weighted by molar-refractivity contribution is 5.99. The van der Waals surface area contributed by atoms with E-state index in [9.17, 15) is 43.2 Å². The zero-order valence-electron chi connectivity index (χ0n) is 40.6. The highest BCUT2D eigenvalue weighted by Gasteiger charge is 2.45. The predicted octanol–water partition coefficient (Wildman–Crippen LogP) is 1.44. The van der Waals surface area contributed by atoms with Crippen molar-refractivity contribution >= 4 is 53.2 Å². The molecule has 0 saturated carbocycles. The summed E-state index contributed by atoms with van der Waals surface area (Å²) >= 11 is 0. The van der Waals surface area contributed by atoms with Gasteiger partial charge in [-0.25, -0.2) is 0 Å². The summed E-state index contributed by atoms with van der Waals surface area (Å²) in [7, 11) is 0. The van der Waals surface area contributed by atoms with E-state index in [1.54, 1.807) is 19.1 Å². The van der Waals surface area contributed by atoms with Crippen LogP contribution in [0.1, 0.15) is 88.3 Å². The number of amides is 9. The SMILES string of the molecule is CCC(C)C1NC(=O)C(Cc2ccccc2)NC(=O)C2CCCN2C(=O)C(Cc2ccccc2)NC(=O)C2CCCN2C(=O)C(CCC(N)=O)NC(=O)C2CCCN2C(=O)C(Cc2ccccc2)NC1=O. The molecule has 378 valence electrons. The Morgan fingerprint density at radius 1 is 0.507 bits per heavy atom. The van der Waals surface area contributed by atoms with Gasteiger partial charge in [0.05, 0.1) is 0 Å². The molecular weight excluding hydrogens is 907 g/mol. The minimum atomic E-state index is -1.30. The molecule has 0 aliphatic carbocycles. The highest BCUT2D eigenvalue weighted by Crippen LogP contribution is 2.25. The number of hydrogen-bond acceptors (Lipinski definition) is 9. The van der Waals surface area contributed by atoms with E-state index in [2.05, 4.69) is 26.6 Å². The van der Waals surface area contributed by atoms with Crippen LogP contribution in [0.25, 0.3) is 0 Å². The summed E-state index contributed by atoms with van der Waals surface area (Å²) in [5, 5.41) is 14.5. The van der Waals surface area contributed by atoms with Crippen molar-refractivity contribution in [3.05, 3.63) is 108 Å². The van der Waals surface area contributed by atoms with Crippen molar-refractivity contribution in [3.63, 3.8) is 0 Å². The van der Waals surface area contributed by atoms with E-state index in [0.717, 1.165) is 16.7 Å². The van der Waals surface area contributed by atoms with Crippen molar-refractivity contribution in [2.24, 2.45) is 11.7 Å². The second-order valence-corrected chi connectivity index (χ2v) is 19.3. The van der Waals surface area contributed by atoms with Crippen LogP contribution in [0.15, 0.2) is 91.0 Å². The van der Waals surface area contributed by atoms with E-state index < -0.39 is 107 Å². The zero-order valence-corrected chi connectivity index (χ0v) is 40.6. The van der Waals surface area contributed by atoms with Crippen LogP contribution in [-0.2, 0) is 62.4 Å². The number of primary amides is 1. The van der Waals surface area contributed by atoms with Gasteiger partial charge >= 0.3 is 0 Å². The number of carbonyl (C=O) groups is 9. The van der Waals surface area contributed by atoms with E-state index in [0.29, 0.717) is 25.7 Å². The number of carbonyl (C=O) groups excluding carboxylic acids is 9. The van der Waals surface area contributed by atoms with Crippen LogP contribution in [-0.4, -0.2) is 136 Å². The first-order valence-electron chi connectivity index (χ1n) is 25.1. The van der Waals surface area contributed by atoms with Crippen molar-refractivity contribution in [2.45, 2.75) is 139 Å². The molecule has 4 heterocycles. The molecule has 4 saturated heterocycles.